The van der Waals surface area contributed by atoms with Gasteiger partial charge in [-0.15, -0.1) is 11.3 Å². The van der Waals surface area contributed by atoms with Gasteiger partial charge in [0.15, 0.2) is 5.01 Å². The van der Waals surface area contributed by atoms with E-state index in [0.29, 0.717) is 28.8 Å². The van der Waals surface area contributed by atoms with Crippen molar-refractivity contribution in [2.75, 3.05) is 20.1 Å². The molecular formula is C14H14ClN5OS. The molecule has 3 aromatic heterocycles. The summed E-state index contributed by atoms with van der Waals surface area (Å²) in [5, 5.41) is 7.18. The quantitative estimate of drug-likeness (QED) is 0.792. The van der Waals surface area contributed by atoms with E-state index in [9.17, 15) is 4.79 Å². The number of carbonyl (C=O) groups excluding carboxylic acids is 1. The van der Waals surface area contributed by atoms with E-state index in [-0.39, 0.29) is 5.91 Å². The second-order valence-electron chi connectivity index (χ2n) is 4.79. The number of fused-ring (bicyclic) bond motifs is 1. The first-order valence-corrected chi connectivity index (χ1v) is 7.90. The minimum absolute atomic E-state index is 0.129. The van der Waals surface area contributed by atoms with Crippen LogP contribution in [0.1, 0.15) is 9.80 Å². The third kappa shape index (κ3) is 2.70. The second-order valence-corrected chi connectivity index (χ2v) is 6.08. The predicted molar refractivity (Wildman–Crippen MR) is 87.3 cm³/mol. The van der Waals surface area contributed by atoms with Crippen molar-refractivity contribution >= 4 is 34.4 Å². The number of likely N-dealkylation sites (N-methyl/N-ethyl adjacent to an activating group) is 1. The van der Waals surface area contributed by atoms with Crippen molar-refractivity contribution in [2.45, 2.75) is 0 Å². The lowest BCUT2D eigenvalue weighted by molar-refractivity contribution is 0.0798. The molecule has 2 N–H and O–H groups in total. The molecule has 3 rings (SSSR count). The maximum absolute atomic E-state index is 12.2. The lowest BCUT2D eigenvalue weighted by Gasteiger charge is -2.13. The number of rotatable bonds is 4. The molecule has 0 radical (unpaired) electrons. The molecule has 0 aromatic carbocycles. The van der Waals surface area contributed by atoms with Crippen LogP contribution in [0.5, 0.6) is 0 Å². The summed E-state index contributed by atoms with van der Waals surface area (Å²) in [6.07, 6.45) is 3.51. The molecule has 0 fully saturated rings. The summed E-state index contributed by atoms with van der Waals surface area (Å²) in [5.74, 6) is -0.129. The summed E-state index contributed by atoms with van der Waals surface area (Å²) in [4.78, 5) is 18.2. The molecule has 0 aliphatic rings. The number of aromatic nitrogens is 3. The Hall–Kier alpha value is -1.96. The number of hydrogen-bond donors (Lipinski definition) is 1. The maximum atomic E-state index is 12.2. The molecular weight excluding hydrogens is 322 g/mol. The third-order valence-corrected chi connectivity index (χ3v) is 4.32. The Morgan fingerprint density at radius 3 is 3.14 bits per heavy atom. The van der Waals surface area contributed by atoms with Gasteiger partial charge in [-0.2, -0.15) is 5.10 Å². The van der Waals surface area contributed by atoms with E-state index in [2.05, 4.69) is 10.1 Å². The molecule has 22 heavy (non-hydrogen) atoms. The Labute approximate surface area is 136 Å². The molecule has 0 saturated heterocycles. The van der Waals surface area contributed by atoms with E-state index in [0.717, 1.165) is 11.1 Å². The van der Waals surface area contributed by atoms with Gasteiger partial charge in [0.25, 0.3) is 5.91 Å². The van der Waals surface area contributed by atoms with Crippen molar-refractivity contribution in [3.8, 4) is 11.3 Å². The summed E-state index contributed by atoms with van der Waals surface area (Å²) in [7, 11) is 1.71. The highest BCUT2D eigenvalue weighted by atomic mass is 35.5. The van der Waals surface area contributed by atoms with Crippen LogP contribution in [0.2, 0.25) is 5.02 Å². The van der Waals surface area contributed by atoms with Crippen molar-refractivity contribution in [1.82, 2.24) is 19.5 Å². The van der Waals surface area contributed by atoms with Crippen LogP contribution >= 0.6 is 22.9 Å². The van der Waals surface area contributed by atoms with E-state index >= 15 is 0 Å². The van der Waals surface area contributed by atoms with Crippen LogP contribution in [-0.4, -0.2) is 45.5 Å². The van der Waals surface area contributed by atoms with E-state index in [4.69, 9.17) is 17.3 Å². The Morgan fingerprint density at radius 2 is 2.36 bits per heavy atom. The fourth-order valence-corrected chi connectivity index (χ4v) is 3.08. The van der Waals surface area contributed by atoms with Crippen molar-refractivity contribution in [2.24, 2.45) is 5.73 Å². The predicted octanol–water partition coefficient (Wildman–Crippen LogP) is 2.14. The number of hydrogen-bond acceptors (Lipinski definition) is 5. The fraction of sp³-hybridized carbons (Fsp3) is 0.214. The van der Waals surface area contributed by atoms with Gasteiger partial charge in [-0.1, -0.05) is 11.6 Å². The van der Waals surface area contributed by atoms with Gasteiger partial charge in [-0.25, -0.2) is 9.50 Å². The topological polar surface area (TPSA) is 76.5 Å². The van der Waals surface area contributed by atoms with Crippen molar-refractivity contribution in [1.29, 1.82) is 0 Å². The van der Waals surface area contributed by atoms with Gasteiger partial charge in [-0.05, 0) is 12.1 Å². The average molecular weight is 336 g/mol. The van der Waals surface area contributed by atoms with Crippen molar-refractivity contribution < 1.29 is 4.79 Å². The molecule has 0 spiro atoms. The summed E-state index contributed by atoms with van der Waals surface area (Å²) in [6.45, 7) is 0.924. The molecule has 6 nitrogen and oxygen atoms in total. The van der Waals surface area contributed by atoms with E-state index in [1.54, 1.807) is 34.9 Å². The largest absolute Gasteiger partial charge is 0.338 e. The van der Waals surface area contributed by atoms with Gasteiger partial charge in [0.05, 0.1) is 17.4 Å². The van der Waals surface area contributed by atoms with Crippen LogP contribution in [0.3, 0.4) is 0 Å². The lowest BCUT2D eigenvalue weighted by atomic mass is 10.2. The average Bonchev–Trinajstić information content (AvgIpc) is 3.12. The molecule has 3 aromatic rings. The molecule has 0 unspecified atom stereocenters. The zero-order valence-corrected chi connectivity index (χ0v) is 13.4. The zero-order chi connectivity index (χ0) is 15.7. The number of nitrogens with zero attached hydrogens (tertiary/aromatic N) is 4. The second kappa shape index (κ2) is 6.04. The highest BCUT2D eigenvalue weighted by molar-refractivity contribution is 7.12. The number of halogens is 1. The van der Waals surface area contributed by atoms with Crippen LogP contribution in [0.15, 0.2) is 29.9 Å². The van der Waals surface area contributed by atoms with Gasteiger partial charge < -0.3 is 10.6 Å². The van der Waals surface area contributed by atoms with Gasteiger partial charge in [0.1, 0.15) is 0 Å². The molecule has 0 aliphatic heterocycles. The van der Waals surface area contributed by atoms with Crippen LogP contribution < -0.4 is 5.73 Å². The first-order chi connectivity index (χ1) is 10.6. The molecule has 1 amide bonds. The molecule has 0 aliphatic carbocycles. The summed E-state index contributed by atoms with van der Waals surface area (Å²) in [6, 6.07) is 3.59. The van der Waals surface area contributed by atoms with Gasteiger partial charge >= 0.3 is 0 Å². The Balaban J connectivity index is 1.96. The zero-order valence-electron chi connectivity index (χ0n) is 11.9. The van der Waals surface area contributed by atoms with Crippen LogP contribution in [0.4, 0.5) is 0 Å². The SMILES string of the molecule is CN(CCN)C(=O)c1nc(-c2cnn3ccc(Cl)cc23)cs1. The number of nitrogens with two attached hydrogens (primary N) is 1. The van der Waals surface area contributed by atoms with Crippen LogP contribution in [0.25, 0.3) is 16.8 Å². The maximum Gasteiger partial charge on any atom is 0.282 e. The Bertz CT molecular complexity index is 828. The highest BCUT2D eigenvalue weighted by Crippen LogP contribution is 2.27. The van der Waals surface area contributed by atoms with Crippen molar-refractivity contribution in [3.63, 3.8) is 0 Å². The summed E-state index contributed by atoms with van der Waals surface area (Å²) in [5.41, 5.74) is 7.88. The lowest BCUT2D eigenvalue weighted by Crippen LogP contribution is -2.31. The summed E-state index contributed by atoms with van der Waals surface area (Å²) < 4.78 is 1.72. The van der Waals surface area contributed by atoms with E-state index < -0.39 is 0 Å². The highest BCUT2D eigenvalue weighted by Gasteiger charge is 2.17. The van der Waals surface area contributed by atoms with Gasteiger partial charge in [-0.3, -0.25) is 4.79 Å². The molecule has 0 saturated carbocycles. The van der Waals surface area contributed by atoms with Crippen molar-refractivity contribution in [3.05, 3.63) is 39.9 Å². The van der Waals surface area contributed by atoms with Crippen LogP contribution in [-0.2, 0) is 0 Å². The minimum atomic E-state index is -0.129. The first kappa shape index (κ1) is 15.0. The standard InChI is InChI=1S/C14H14ClN5OS/c1-19(5-3-16)14(21)13-18-11(8-22-13)10-7-17-20-4-2-9(15)6-12(10)20/h2,4,6-8H,3,5,16H2,1H3. The number of thiazole rings is 1. The molecule has 0 atom stereocenters. The van der Waals surface area contributed by atoms with Gasteiger partial charge in [0, 0.05) is 42.3 Å². The Morgan fingerprint density at radius 1 is 1.55 bits per heavy atom. The number of amides is 1. The molecule has 3 heterocycles. The van der Waals surface area contributed by atoms with Gasteiger partial charge in [0.2, 0.25) is 0 Å². The normalized spacial score (nSPS) is 11.0. The summed E-state index contributed by atoms with van der Waals surface area (Å²) >= 11 is 7.35. The van der Waals surface area contributed by atoms with E-state index in [1.807, 2.05) is 11.4 Å². The third-order valence-electron chi connectivity index (χ3n) is 3.26. The molecule has 8 heteroatoms. The molecule has 0 bridgehead atoms. The fourth-order valence-electron chi connectivity index (χ4n) is 2.11. The number of carbonyl (C=O) groups is 1. The number of pyridine rings is 1. The first-order valence-electron chi connectivity index (χ1n) is 6.64. The van der Waals surface area contributed by atoms with E-state index in [1.165, 1.54) is 11.3 Å². The van der Waals surface area contributed by atoms with Crippen LogP contribution in [0, 0.1) is 0 Å². The monoisotopic (exact) mass is 335 g/mol. The minimum Gasteiger partial charge on any atom is -0.338 e. The Kier molecular flexibility index (Phi) is 4.10. The smallest absolute Gasteiger partial charge is 0.282 e. The molecule has 114 valence electrons.